The lowest BCUT2D eigenvalue weighted by molar-refractivity contribution is -0.167. The molecule has 0 aromatic carbocycles. The van der Waals surface area contributed by atoms with Crippen molar-refractivity contribution in [2.75, 3.05) is 37.9 Å². The number of ether oxygens (including phenoxy) is 6. The van der Waals surface area contributed by atoms with E-state index in [1.165, 1.54) is 0 Å². The highest BCUT2D eigenvalue weighted by molar-refractivity contribution is 8.21. The van der Waals surface area contributed by atoms with Crippen LogP contribution in [0.3, 0.4) is 0 Å². The zero-order chi connectivity index (χ0) is 44.8. The second-order valence-corrected chi connectivity index (χ2v) is 19.4. The van der Waals surface area contributed by atoms with Crippen LogP contribution in [0.1, 0.15) is 207 Å². The molecule has 0 unspecified atom stereocenters. The summed E-state index contributed by atoms with van der Waals surface area (Å²) in [6.07, 6.45) is 20.0. The first-order valence-electron chi connectivity index (χ1n) is 23.9. The minimum Gasteiger partial charge on any atom is -0.462 e. The van der Waals surface area contributed by atoms with Crippen molar-refractivity contribution in [3.63, 3.8) is 0 Å². The Bertz CT molecular complexity index is 1050. The first-order valence-corrected chi connectivity index (χ1v) is 25.8. The minimum absolute atomic E-state index is 0.0493. The topological polar surface area (TPSA) is 158 Å². The van der Waals surface area contributed by atoms with E-state index in [1.807, 2.05) is 0 Å². The van der Waals surface area contributed by atoms with Crippen molar-refractivity contribution in [2.45, 2.75) is 224 Å². The van der Waals surface area contributed by atoms with Gasteiger partial charge in [-0.15, -0.1) is 23.5 Å². The van der Waals surface area contributed by atoms with Crippen molar-refractivity contribution < 1.29 is 57.2 Å². The lowest BCUT2D eigenvalue weighted by Crippen LogP contribution is -2.32. The third kappa shape index (κ3) is 31.9. The molecule has 1 aliphatic heterocycles. The number of thioether (sulfide) groups is 2. The molecular formula is C47H82O12S2. The molecule has 0 aromatic heterocycles. The summed E-state index contributed by atoms with van der Waals surface area (Å²) in [5.74, 6) is -0.817. The fraction of sp³-hybridized carbons (Fsp3) is 0.872. The lowest BCUT2D eigenvalue weighted by atomic mass is 10.1. The van der Waals surface area contributed by atoms with Crippen LogP contribution in [-0.4, -0.2) is 90.0 Å². The van der Waals surface area contributed by atoms with Crippen LogP contribution in [0.2, 0.25) is 0 Å². The molecule has 0 spiro atoms. The Morgan fingerprint density at radius 1 is 0.377 bits per heavy atom. The minimum atomic E-state index is -0.933. The highest BCUT2D eigenvalue weighted by Crippen LogP contribution is 2.50. The van der Waals surface area contributed by atoms with Crippen LogP contribution in [0.25, 0.3) is 0 Å². The molecule has 0 aromatic rings. The van der Waals surface area contributed by atoms with Gasteiger partial charge in [0, 0.05) is 50.0 Å². The van der Waals surface area contributed by atoms with Crippen LogP contribution in [0.15, 0.2) is 0 Å². The van der Waals surface area contributed by atoms with Gasteiger partial charge in [0.15, 0.2) is 12.2 Å². The highest BCUT2D eigenvalue weighted by Gasteiger charge is 2.37. The molecule has 0 atom stereocenters. The van der Waals surface area contributed by atoms with E-state index in [2.05, 4.69) is 27.7 Å². The van der Waals surface area contributed by atoms with Gasteiger partial charge in [0.1, 0.15) is 26.4 Å². The van der Waals surface area contributed by atoms with Crippen LogP contribution < -0.4 is 0 Å². The van der Waals surface area contributed by atoms with Crippen LogP contribution in [0.4, 0.5) is 0 Å². The summed E-state index contributed by atoms with van der Waals surface area (Å²) in [5, 5.41) is 0. The van der Waals surface area contributed by atoms with Gasteiger partial charge in [0.05, 0.1) is 4.08 Å². The van der Waals surface area contributed by atoms with Crippen molar-refractivity contribution in [1.82, 2.24) is 0 Å². The summed E-state index contributed by atoms with van der Waals surface area (Å²) in [6, 6.07) is 0. The third-order valence-corrected chi connectivity index (χ3v) is 14.1. The van der Waals surface area contributed by atoms with Gasteiger partial charge in [-0.2, -0.15) is 0 Å². The number of carbonyl (C=O) groups excluding carboxylic acids is 6. The number of hydrogen-bond donors (Lipinski definition) is 0. The maximum Gasteiger partial charge on any atom is 0.306 e. The Morgan fingerprint density at radius 2 is 0.639 bits per heavy atom. The number of esters is 6. The van der Waals surface area contributed by atoms with Gasteiger partial charge < -0.3 is 28.4 Å². The van der Waals surface area contributed by atoms with Crippen LogP contribution in [0.5, 0.6) is 0 Å². The zero-order valence-corrected chi connectivity index (χ0v) is 40.0. The molecule has 0 amide bonds. The van der Waals surface area contributed by atoms with Gasteiger partial charge >= 0.3 is 35.8 Å². The van der Waals surface area contributed by atoms with E-state index in [0.717, 1.165) is 140 Å². The van der Waals surface area contributed by atoms with Crippen molar-refractivity contribution in [2.24, 2.45) is 0 Å². The summed E-state index contributed by atoms with van der Waals surface area (Å²) < 4.78 is 32.9. The van der Waals surface area contributed by atoms with E-state index in [9.17, 15) is 28.8 Å². The normalized spacial score (nSPS) is 13.3. The Balaban J connectivity index is 2.79. The second kappa shape index (κ2) is 38.0. The monoisotopic (exact) mass is 903 g/mol. The van der Waals surface area contributed by atoms with Crippen LogP contribution >= 0.6 is 23.5 Å². The van der Waals surface area contributed by atoms with E-state index in [-0.39, 0.29) is 88.8 Å². The fourth-order valence-corrected chi connectivity index (χ4v) is 9.97. The van der Waals surface area contributed by atoms with Gasteiger partial charge in [-0.05, 0) is 38.5 Å². The quantitative estimate of drug-likeness (QED) is 0.0325. The maximum atomic E-state index is 13.3. The number of carbonyl (C=O) groups is 6. The second-order valence-electron chi connectivity index (χ2n) is 16.2. The largest absolute Gasteiger partial charge is 0.462 e. The summed E-state index contributed by atoms with van der Waals surface area (Å²) in [5.41, 5.74) is 0. The SMILES string of the molecule is CCCCCCCC(=O)OCC(COC(=O)CCCCCCC)OC(=O)CCC1(CCC(=O)OC(COC(=O)CCCCCCC)COC(=O)CCCCCCC)SCCS1. The van der Waals surface area contributed by atoms with Gasteiger partial charge in [0.2, 0.25) is 0 Å². The third-order valence-electron chi connectivity index (χ3n) is 10.5. The molecule has 1 heterocycles. The molecule has 0 aliphatic carbocycles. The van der Waals surface area contributed by atoms with Crippen molar-refractivity contribution in [3.05, 3.63) is 0 Å². The van der Waals surface area contributed by atoms with Crippen molar-refractivity contribution in [3.8, 4) is 0 Å². The molecule has 1 fully saturated rings. The molecule has 0 radical (unpaired) electrons. The van der Waals surface area contributed by atoms with E-state index < -0.39 is 28.2 Å². The number of hydrogen-bond acceptors (Lipinski definition) is 14. The van der Waals surface area contributed by atoms with Gasteiger partial charge in [-0.3, -0.25) is 28.8 Å². The maximum absolute atomic E-state index is 13.3. The van der Waals surface area contributed by atoms with Crippen LogP contribution in [-0.2, 0) is 57.2 Å². The van der Waals surface area contributed by atoms with Gasteiger partial charge in [-0.25, -0.2) is 0 Å². The smallest absolute Gasteiger partial charge is 0.306 e. The standard InChI is InChI=1S/C47H82O12S2/c1-5-9-13-17-21-25-41(48)54-35-39(36-55-42(49)26-22-18-14-10-6-2)58-45(52)29-31-47(60-33-34-61-47)32-30-46(53)59-40(37-56-43(50)27-23-19-15-11-7-3)38-57-44(51)28-24-20-16-12-8-4/h39-40H,5-38H2,1-4H3. The summed E-state index contributed by atoms with van der Waals surface area (Å²) >= 11 is 3.38. The molecule has 0 N–H and O–H groups in total. The van der Waals surface area contributed by atoms with Crippen molar-refractivity contribution >= 4 is 59.3 Å². The highest BCUT2D eigenvalue weighted by atomic mass is 32.2. The Labute approximate surface area is 376 Å². The predicted molar refractivity (Wildman–Crippen MR) is 243 cm³/mol. The zero-order valence-electron chi connectivity index (χ0n) is 38.4. The van der Waals surface area contributed by atoms with Crippen molar-refractivity contribution in [1.29, 1.82) is 0 Å². The Hall–Kier alpha value is -2.48. The van der Waals surface area contributed by atoms with Gasteiger partial charge in [0.25, 0.3) is 0 Å². The molecule has 0 saturated carbocycles. The average Bonchev–Trinajstić information content (AvgIpc) is 3.73. The molecule has 1 saturated heterocycles. The molecule has 12 nitrogen and oxygen atoms in total. The molecule has 14 heteroatoms. The average molecular weight is 903 g/mol. The van der Waals surface area contributed by atoms with E-state index in [4.69, 9.17) is 28.4 Å². The molecule has 0 bridgehead atoms. The molecule has 1 rings (SSSR count). The Morgan fingerprint density at radius 3 is 0.902 bits per heavy atom. The summed E-state index contributed by atoms with van der Waals surface area (Å²) in [4.78, 5) is 76.4. The number of unbranched alkanes of at least 4 members (excludes halogenated alkanes) is 16. The first kappa shape index (κ1) is 56.5. The molecule has 61 heavy (non-hydrogen) atoms. The van der Waals surface area contributed by atoms with E-state index in [0.29, 0.717) is 12.8 Å². The lowest BCUT2D eigenvalue weighted by Gasteiger charge is -2.27. The predicted octanol–water partition coefficient (Wildman–Crippen LogP) is 11.2. The first-order chi connectivity index (χ1) is 29.6. The van der Waals surface area contributed by atoms with E-state index in [1.54, 1.807) is 23.5 Å². The Kier molecular flexibility index (Phi) is 35.2. The molecule has 354 valence electrons. The molecule has 1 aliphatic rings. The van der Waals surface area contributed by atoms with E-state index >= 15 is 0 Å². The summed E-state index contributed by atoms with van der Waals surface area (Å²) in [6.45, 7) is 7.73. The molecular weight excluding hydrogens is 821 g/mol. The van der Waals surface area contributed by atoms with Gasteiger partial charge in [-0.1, -0.05) is 130 Å². The van der Waals surface area contributed by atoms with Crippen LogP contribution in [0, 0.1) is 0 Å². The summed E-state index contributed by atoms with van der Waals surface area (Å²) in [7, 11) is 0. The fourth-order valence-electron chi connectivity index (χ4n) is 6.74. The number of rotatable bonds is 40.